The second-order valence-corrected chi connectivity index (χ2v) is 4.97. The Morgan fingerprint density at radius 2 is 2.19 bits per heavy atom. The van der Waals surface area contributed by atoms with Gasteiger partial charge < -0.3 is 10.6 Å². The lowest BCUT2D eigenvalue weighted by molar-refractivity contribution is 0.0951. The maximum Gasteiger partial charge on any atom is 0.253 e. The van der Waals surface area contributed by atoms with Gasteiger partial charge in [0.1, 0.15) is 5.82 Å². The standard InChI is InChI=1S/C15H17ClN4O/c1-3-18-14-6-12(13(16)9-19-14)15(21)20-8-11-7-17-5-4-10(11)2/h4-7,9H,3,8H2,1-2H3,(H,18,19)(H,20,21). The van der Waals surface area contributed by atoms with E-state index in [2.05, 4.69) is 20.6 Å². The van der Waals surface area contributed by atoms with E-state index in [1.54, 1.807) is 18.5 Å². The minimum atomic E-state index is -0.232. The SMILES string of the molecule is CCNc1cc(C(=O)NCc2cnccc2C)c(Cl)cn1. The van der Waals surface area contributed by atoms with Crippen molar-refractivity contribution in [2.45, 2.75) is 20.4 Å². The number of nitrogens with one attached hydrogen (secondary N) is 2. The first-order valence-corrected chi connectivity index (χ1v) is 7.06. The highest BCUT2D eigenvalue weighted by molar-refractivity contribution is 6.33. The van der Waals surface area contributed by atoms with Gasteiger partial charge in [-0.1, -0.05) is 11.6 Å². The zero-order chi connectivity index (χ0) is 15.2. The number of carbonyl (C=O) groups excluding carboxylic acids is 1. The Morgan fingerprint density at radius 1 is 1.38 bits per heavy atom. The lowest BCUT2D eigenvalue weighted by Crippen LogP contribution is -2.24. The summed E-state index contributed by atoms with van der Waals surface area (Å²) >= 11 is 6.04. The number of rotatable bonds is 5. The summed E-state index contributed by atoms with van der Waals surface area (Å²) in [6, 6.07) is 3.56. The number of hydrogen-bond donors (Lipinski definition) is 2. The molecule has 5 nitrogen and oxygen atoms in total. The van der Waals surface area contributed by atoms with E-state index in [0.29, 0.717) is 22.9 Å². The van der Waals surface area contributed by atoms with Gasteiger partial charge in [0.25, 0.3) is 5.91 Å². The predicted octanol–water partition coefficient (Wildman–Crippen LogP) is 2.80. The van der Waals surface area contributed by atoms with E-state index in [1.165, 1.54) is 6.20 Å². The van der Waals surface area contributed by atoms with E-state index < -0.39 is 0 Å². The van der Waals surface area contributed by atoms with Crippen LogP contribution >= 0.6 is 11.6 Å². The van der Waals surface area contributed by atoms with Crippen molar-refractivity contribution in [1.29, 1.82) is 0 Å². The van der Waals surface area contributed by atoms with Crippen molar-refractivity contribution in [3.05, 3.63) is 52.4 Å². The number of aryl methyl sites for hydroxylation is 1. The molecule has 0 fully saturated rings. The Morgan fingerprint density at radius 3 is 2.90 bits per heavy atom. The number of carbonyl (C=O) groups is 1. The average molecular weight is 305 g/mol. The summed E-state index contributed by atoms with van der Waals surface area (Å²) in [7, 11) is 0. The third-order valence-corrected chi connectivity index (χ3v) is 3.35. The topological polar surface area (TPSA) is 66.9 Å². The number of amides is 1. The molecule has 6 heteroatoms. The van der Waals surface area contributed by atoms with Crippen LogP contribution in [0, 0.1) is 6.92 Å². The normalized spacial score (nSPS) is 10.2. The van der Waals surface area contributed by atoms with Crippen LogP contribution < -0.4 is 10.6 Å². The van der Waals surface area contributed by atoms with E-state index in [0.717, 1.165) is 17.7 Å². The average Bonchev–Trinajstić information content (AvgIpc) is 2.48. The first kappa shape index (κ1) is 15.3. The number of anilines is 1. The predicted molar refractivity (Wildman–Crippen MR) is 83.6 cm³/mol. The molecule has 21 heavy (non-hydrogen) atoms. The molecule has 0 spiro atoms. The number of pyridine rings is 2. The molecule has 0 saturated heterocycles. The van der Waals surface area contributed by atoms with Crippen molar-refractivity contribution >= 4 is 23.3 Å². The first-order valence-electron chi connectivity index (χ1n) is 6.69. The molecular formula is C15H17ClN4O. The smallest absolute Gasteiger partial charge is 0.253 e. The van der Waals surface area contributed by atoms with Crippen molar-refractivity contribution in [3.63, 3.8) is 0 Å². The molecule has 0 saturated carbocycles. The van der Waals surface area contributed by atoms with Crippen LogP contribution in [0.2, 0.25) is 5.02 Å². The van der Waals surface area contributed by atoms with Crippen LogP contribution in [-0.2, 0) is 6.54 Å². The quantitative estimate of drug-likeness (QED) is 0.891. The van der Waals surface area contributed by atoms with Gasteiger partial charge in [0.2, 0.25) is 0 Å². The van der Waals surface area contributed by atoms with Gasteiger partial charge in [-0.05, 0) is 37.1 Å². The summed E-state index contributed by atoms with van der Waals surface area (Å²) in [5.74, 6) is 0.398. The van der Waals surface area contributed by atoms with Gasteiger partial charge in [-0.15, -0.1) is 0 Å². The van der Waals surface area contributed by atoms with E-state index in [9.17, 15) is 4.79 Å². The maximum atomic E-state index is 12.2. The Kier molecular flexibility index (Phi) is 5.11. The van der Waals surface area contributed by atoms with Crippen molar-refractivity contribution in [3.8, 4) is 0 Å². The van der Waals surface area contributed by atoms with Crippen molar-refractivity contribution in [1.82, 2.24) is 15.3 Å². The highest BCUT2D eigenvalue weighted by Gasteiger charge is 2.12. The van der Waals surface area contributed by atoms with E-state index in [1.807, 2.05) is 19.9 Å². The molecule has 0 aliphatic rings. The zero-order valence-corrected chi connectivity index (χ0v) is 12.7. The molecule has 2 rings (SSSR count). The number of hydrogen-bond acceptors (Lipinski definition) is 4. The van der Waals surface area contributed by atoms with Crippen LogP contribution in [0.15, 0.2) is 30.7 Å². The molecule has 0 unspecified atom stereocenters. The third-order valence-electron chi connectivity index (χ3n) is 3.04. The Balaban J connectivity index is 2.10. The second-order valence-electron chi connectivity index (χ2n) is 4.56. The lowest BCUT2D eigenvalue weighted by atomic mass is 10.1. The zero-order valence-electron chi connectivity index (χ0n) is 12.0. The van der Waals surface area contributed by atoms with E-state index in [-0.39, 0.29) is 5.91 Å². The summed E-state index contributed by atoms with van der Waals surface area (Å²) in [5.41, 5.74) is 2.46. The number of nitrogens with zero attached hydrogens (tertiary/aromatic N) is 2. The fourth-order valence-corrected chi connectivity index (χ4v) is 2.03. The fourth-order valence-electron chi connectivity index (χ4n) is 1.84. The van der Waals surface area contributed by atoms with Crippen molar-refractivity contribution in [2.24, 2.45) is 0 Å². The Bertz CT molecular complexity index is 645. The van der Waals surface area contributed by atoms with Crippen LogP contribution in [0.4, 0.5) is 5.82 Å². The monoisotopic (exact) mass is 304 g/mol. The molecule has 0 radical (unpaired) electrons. The molecule has 0 aliphatic heterocycles. The summed E-state index contributed by atoms with van der Waals surface area (Å²) in [6.45, 7) is 5.07. The Labute approximate surface area is 128 Å². The van der Waals surface area contributed by atoms with Gasteiger partial charge in [0.05, 0.1) is 10.6 Å². The second kappa shape index (κ2) is 7.04. The first-order chi connectivity index (χ1) is 10.1. The van der Waals surface area contributed by atoms with Crippen LogP contribution in [0.5, 0.6) is 0 Å². The summed E-state index contributed by atoms with van der Waals surface area (Å²) in [4.78, 5) is 20.4. The molecule has 2 heterocycles. The van der Waals surface area contributed by atoms with Crippen LogP contribution in [0.3, 0.4) is 0 Å². The molecule has 2 aromatic rings. The van der Waals surface area contributed by atoms with Gasteiger partial charge in [0.15, 0.2) is 0 Å². The molecule has 0 atom stereocenters. The lowest BCUT2D eigenvalue weighted by Gasteiger charge is -2.10. The van der Waals surface area contributed by atoms with Gasteiger partial charge >= 0.3 is 0 Å². The van der Waals surface area contributed by atoms with Crippen molar-refractivity contribution < 1.29 is 4.79 Å². The van der Waals surface area contributed by atoms with Crippen LogP contribution in [0.1, 0.15) is 28.4 Å². The third kappa shape index (κ3) is 3.92. The van der Waals surface area contributed by atoms with E-state index >= 15 is 0 Å². The maximum absolute atomic E-state index is 12.2. The van der Waals surface area contributed by atoms with Crippen LogP contribution in [0.25, 0.3) is 0 Å². The molecular weight excluding hydrogens is 288 g/mol. The molecule has 0 aliphatic carbocycles. The van der Waals surface area contributed by atoms with Gasteiger partial charge in [-0.3, -0.25) is 9.78 Å². The highest BCUT2D eigenvalue weighted by Crippen LogP contribution is 2.18. The molecule has 1 amide bonds. The fraction of sp³-hybridized carbons (Fsp3) is 0.267. The van der Waals surface area contributed by atoms with E-state index in [4.69, 9.17) is 11.6 Å². The molecule has 110 valence electrons. The molecule has 2 N–H and O–H groups in total. The Hall–Kier alpha value is -2.14. The van der Waals surface area contributed by atoms with Gasteiger partial charge in [0, 0.05) is 31.7 Å². The molecule has 0 bridgehead atoms. The summed E-state index contributed by atoms with van der Waals surface area (Å²) in [6.07, 6.45) is 4.95. The minimum absolute atomic E-state index is 0.232. The number of halogens is 1. The number of aromatic nitrogens is 2. The molecule has 0 aromatic carbocycles. The van der Waals surface area contributed by atoms with Crippen molar-refractivity contribution in [2.75, 3.05) is 11.9 Å². The summed E-state index contributed by atoms with van der Waals surface area (Å²) in [5, 5.41) is 6.23. The van der Waals surface area contributed by atoms with Gasteiger partial charge in [-0.2, -0.15) is 0 Å². The van der Waals surface area contributed by atoms with Gasteiger partial charge in [-0.25, -0.2) is 4.98 Å². The summed E-state index contributed by atoms with van der Waals surface area (Å²) < 4.78 is 0. The van der Waals surface area contributed by atoms with Crippen LogP contribution in [-0.4, -0.2) is 22.4 Å². The molecule has 2 aromatic heterocycles. The minimum Gasteiger partial charge on any atom is -0.370 e. The largest absolute Gasteiger partial charge is 0.370 e. The highest BCUT2D eigenvalue weighted by atomic mass is 35.5.